The highest BCUT2D eigenvalue weighted by Gasteiger charge is 2.07. The van der Waals surface area contributed by atoms with E-state index >= 15 is 0 Å². The van der Waals surface area contributed by atoms with E-state index in [4.69, 9.17) is 0 Å². The van der Waals surface area contributed by atoms with E-state index in [9.17, 15) is 9.59 Å². The van der Waals surface area contributed by atoms with Gasteiger partial charge >= 0.3 is 10.8 Å². The Labute approximate surface area is 111 Å². The molecule has 0 saturated heterocycles. The fourth-order valence-electron chi connectivity index (χ4n) is 1.26. The van der Waals surface area contributed by atoms with Crippen molar-refractivity contribution in [2.75, 3.05) is 12.4 Å². The molecule has 0 unspecified atom stereocenters. The zero-order chi connectivity index (χ0) is 13.0. The van der Waals surface area contributed by atoms with Gasteiger partial charge < -0.3 is 15.0 Å². The maximum Gasteiger partial charge on any atom is 0.311 e. The number of aromatic nitrogens is 2. The quantitative estimate of drug-likeness (QED) is 0.807. The van der Waals surface area contributed by atoms with Gasteiger partial charge in [-0.25, -0.2) is 4.98 Å². The van der Waals surface area contributed by atoms with E-state index < -0.39 is 0 Å². The SMILES string of the molecule is COC(=O)Cc1csc(NCc2csc(=O)[nH]2)n1. The normalized spacial score (nSPS) is 10.3. The number of esters is 1. The highest BCUT2D eigenvalue weighted by atomic mass is 32.1. The number of carbonyl (C=O) groups excluding carboxylic acids is 1. The first-order chi connectivity index (χ1) is 8.67. The maximum absolute atomic E-state index is 11.1. The summed E-state index contributed by atoms with van der Waals surface area (Å²) in [5.74, 6) is -0.311. The molecule has 2 aromatic heterocycles. The van der Waals surface area contributed by atoms with E-state index in [1.165, 1.54) is 18.4 Å². The molecule has 2 rings (SSSR count). The first-order valence-electron chi connectivity index (χ1n) is 5.09. The fourth-order valence-corrected chi connectivity index (χ4v) is 2.55. The molecule has 0 aromatic carbocycles. The van der Waals surface area contributed by atoms with E-state index in [0.717, 1.165) is 17.0 Å². The van der Waals surface area contributed by atoms with E-state index in [0.29, 0.717) is 17.4 Å². The Hall–Kier alpha value is -1.67. The van der Waals surface area contributed by atoms with Gasteiger partial charge in [-0.2, -0.15) is 0 Å². The van der Waals surface area contributed by atoms with Gasteiger partial charge in [0.25, 0.3) is 0 Å². The molecule has 0 bridgehead atoms. The Kier molecular flexibility index (Phi) is 4.11. The number of hydrogen-bond acceptors (Lipinski definition) is 7. The number of aromatic amines is 1. The van der Waals surface area contributed by atoms with Crippen molar-refractivity contribution in [3.05, 3.63) is 31.8 Å². The number of hydrogen-bond donors (Lipinski definition) is 2. The molecule has 0 fully saturated rings. The minimum Gasteiger partial charge on any atom is -0.469 e. The van der Waals surface area contributed by atoms with Crippen LogP contribution in [-0.2, 0) is 22.5 Å². The van der Waals surface area contributed by atoms with Crippen LogP contribution in [0.15, 0.2) is 15.6 Å². The van der Waals surface area contributed by atoms with Crippen LogP contribution in [0.3, 0.4) is 0 Å². The van der Waals surface area contributed by atoms with Crippen LogP contribution < -0.4 is 10.2 Å². The van der Waals surface area contributed by atoms with Crippen molar-refractivity contribution < 1.29 is 9.53 Å². The number of methoxy groups -OCH3 is 1. The molecule has 2 N–H and O–H groups in total. The number of nitrogens with one attached hydrogen (secondary N) is 2. The van der Waals surface area contributed by atoms with Gasteiger partial charge in [-0.05, 0) is 0 Å². The van der Waals surface area contributed by atoms with Crippen LogP contribution >= 0.6 is 22.7 Å². The smallest absolute Gasteiger partial charge is 0.311 e. The van der Waals surface area contributed by atoms with Crippen LogP contribution in [0.1, 0.15) is 11.4 Å². The Balaban J connectivity index is 1.90. The highest BCUT2D eigenvalue weighted by Crippen LogP contribution is 2.16. The predicted molar refractivity (Wildman–Crippen MR) is 70.1 cm³/mol. The van der Waals surface area contributed by atoms with Crippen molar-refractivity contribution in [1.29, 1.82) is 0 Å². The second kappa shape index (κ2) is 5.78. The van der Waals surface area contributed by atoms with Crippen LogP contribution in [0, 0.1) is 0 Å². The lowest BCUT2D eigenvalue weighted by molar-refractivity contribution is -0.139. The van der Waals surface area contributed by atoms with Gasteiger partial charge in [0.1, 0.15) is 0 Å². The van der Waals surface area contributed by atoms with Gasteiger partial charge in [-0.15, -0.1) is 11.3 Å². The number of carbonyl (C=O) groups is 1. The summed E-state index contributed by atoms with van der Waals surface area (Å²) in [7, 11) is 1.35. The number of H-pyrrole nitrogens is 1. The largest absolute Gasteiger partial charge is 0.469 e. The third kappa shape index (κ3) is 3.41. The van der Waals surface area contributed by atoms with Crippen LogP contribution in [0.5, 0.6) is 0 Å². The van der Waals surface area contributed by atoms with Crippen LogP contribution in [0.25, 0.3) is 0 Å². The molecule has 2 heterocycles. The van der Waals surface area contributed by atoms with Crippen molar-refractivity contribution in [3.8, 4) is 0 Å². The molecular formula is C10H11N3O3S2. The molecule has 8 heteroatoms. The molecule has 0 radical (unpaired) electrons. The lowest BCUT2D eigenvalue weighted by Gasteiger charge is -1.99. The van der Waals surface area contributed by atoms with Gasteiger partial charge in [-0.3, -0.25) is 9.59 Å². The average molecular weight is 285 g/mol. The number of nitrogens with zero attached hydrogens (tertiary/aromatic N) is 1. The van der Waals surface area contributed by atoms with Crippen molar-refractivity contribution >= 4 is 33.8 Å². The first kappa shape index (κ1) is 12.8. The van der Waals surface area contributed by atoms with Crippen molar-refractivity contribution in [2.45, 2.75) is 13.0 Å². The lowest BCUT2D eigenvalue weighted by atomic mass is 10.3. The molecule has 0 saturated carbocycles. The van der Waals surface area contributed by atoms with Gasteiger partial charge in [-0.1, -0.05) is 11.3 Å². The Bertz CT molecular complexity index is 587. The molecule has 0 amide bonds. The minimum atomic E-state index is -0.311. The monoisotopic (exact) mass is 285 g/mol. The minimum absolute atomic E-state index is 0.0719. The average Bonchev–Trinajstić information content (AvgIpc) is 2.96. The topological polar surface area (TPSA) is 84.1 Å². The molecule has 6 nitrogen and oxygen atoms in total. The molecule has 0 spiro atoms. The molecule has 18 heavy (non-hydrogen) atoms. The molecule has 2 aromatic rings. The van der Waals surface area contributed by atoms with Crippen LogP contribution in [0.2, 0.25) is 0 Å². The summed E-state index contributed by atoms with van der Waals surface area (Å²) in [6.07, 6.45) is 0.171. The van der Waals surface area contributed by atoms with E-state index in [-0.39, 0.29) is 17.3 Å². The summed E-state index contributed by atoms with van der Waals surface area (Å²) in [5.41, 5.74) is 1.49. The first-order valence-corrected chi connectivity index (χ1v) is 6.85. The molecule has 96 valence electrons. The van der Waals surface area contributed by atoms with E-state index in [2.05, 4.69) is 20.0 Å². The van der Waals surface area contributed by atoms with Crippen molar-refractivity contribution in [3.63, 3.8) is 0 Å². The number of ether oxygens (including phenoxy) is 1. The lowest BCUT2D eigenvalue weighted by Crippen LogP contribution is -2.05. The zero-order valence-electron chi connectivity index (χ0n) is 9.56. The fraction of sp³-hybridized carbons (Fsp3) is 0.300. The summed E-state index contributed by atoms with van der Waals surface area (Å²) < 4.78 is 4.56. The van der Waals surface area contributed by atoms with Gasteiger partial charge in [0.05, 0.1) is 25.8 Å². The van der Waals surface area contributed by atoms with Crippen LogP contribution in [-0.4, -0.2) is 23.0 Å². The van der Waals surface area contributed by atoms with Gasteiger partial charge in [0.2, 0.25) is 0 Å². The van der Waals surface area contributed by atoms with E-state index in [1.54, 1.807) is 10.8 Å². The maximum atomic E-state index is 11.1. The van der Waals surface area contributed by atoms with Crippen molar-refractivity contribution in [1.82, 2.24) is 9.97 Å². The van der Waals surface area contributed by atoms with Crippen molar-refractivity contribution in [2.24, 2.45) is 0 Å². The summed E-state index contributed by atoms with van der Waals surface area (Å²) in [6, 6.07) is 0. The predicted octanol–water partition coefficient (Wildman–Crippen LogP) is 1.22. The third-order valence-electron chi connectivity index (χ3n) is 2.11. The standard InChI is InChI=1S/C10H11N3O3S2/c1-16-8(14)2-6-4-17-9(12-6)11-3-7-5-18-10(15)13-7/h4-5H,2-3H2,1H3,(H,11,12)(H,13,15). The van der Waals surface area contributed by atoms with Crippen LogP contribution in [0.4, 0.5) is 5.13 Å². The highest BCUT2D eigenvalue weighted by molar-refractivity contribution is 7.13. The van der Waals surface area contributed by atoms with Gasteiger partial charge in [0, 0.05) is 16.5 Å². The molecule has 0 atom stereocenters. The molecule has 0 aliphatic carbocycles. The number of anilines is 1. The number of thiazole rings is 2. The third-order valence-corrected chi connectivity index (χ3v) is 3.67. The molecular weight excluding hydrogens is 274 g/mol. The Morgan fingerprint density at radius 1 is 1.50 bits per heavy atom. The molecule has 0 aliphatic heterocycles. The second-order valence-electron chi connectivity index (χ2n) is 3.42. The summed E-state index contributed by atoms with van der Waals surface area (Å²) in [6.45, 7) is 0.504. The van der Waals surface area contributed by atoms with E-state index in [1.807, 2.05) is 0 Å². The molecule has 0 aliphatic rings. The summed E-state index contributed by atoms with van der Waals surface area (Å²) >= 11 is 2.54. The van der Waals surface area contributed by atoms with Gasteiger partial charge in [0.15, 0.2) is 5.13 Å². The Morgan fingerprint density at radius 2 is 2.33 bits per heavy atom. The second-order valence-corrected chi connectivity index (χ2v) is 5.12. The zero-order valence-corrected chi connectivity index (χ0v) is 11.2. The Morgan fingerprint density at radius 3 is 3.00 bits per heavy atom. The summed E-state index contributed by atoms with van der Waals surface area (Å²) in [5, 5.41) is 7.35. The summed E-state index contributed by atoms with van der Waals surface area (Å²) in [4.78, 5) is 28.9. The number of rotatable bonds is 5.